The van der Waals surface area contributed by atoms with Gasteiger partial charge in [-0.05, 0) is 38.1 Å². The molecule has 0 atom stereocenters. The van der Waals surface area contributed by atoms with Gasteiger partial charge >= 0.3 is 0 Å². The van der Waals surface area contributed by atoms with Crippen LogP contribution in [-0.2, 0) is 4.79 Å². The summed E-state index contributed by atoms with van der Waals surface area (Å²) < 4.78 is 19.0. The summed E-state index contributed by atoms with van der Waals surface area (Å²) in [5.41, 5.74) is 0.737. The fourth-order valence-electron chi connectivity index (χ4n) is 1.95. The highest BCUT2D eigenvalue weighted by Crippen LogP contribution is 2.22. The molecule has 110 valence electrons. The fourth-order valence-corrected chi connectivity index (χ4v) is 1.95. The fraction of sp³-hybridized carbons (Fsp3) is 0.200. The highest BCUT2D eigenvalue weighted by Gasteiger charge is 2.15. The van der Waals surface area contributed by atoms with Crippen LogP contribution in [0.15, 0.2) is 28.7 Å². The van der Waals surface area contributed by atoms with Gasteiger partial charge in [0.25, 0.3) is 5.91 Å². The molecule has 21 heavy (non-hydrogen) atoms. The predicted octanol–water partition coefficient (Wildman–Crippen LogP) is 3.25. The Balaban J connectivity index is 2.24. The lowest BCUT2D eigenvalue weighted by Crippen LogP contribution is -2.14. The summed E-state index contributed by atoms with van der Waals surface area (Å²) in [6, 6.07) is 5.53. The summed E-state index contributed by atoms with van der Waals surface area (Å²) in [5.74, 6) is -0.271. The van der Waals surface area contributed by atoms with E-state index in [1.807, 2.05) is 0 Å². The molecule has 2 amide bonds. The van der Waals surface area contributed by atoms with E-state index in [0.29, 0.717) is 22.8 Å². The van der Waals surface area contributed by atoms with Crippen LogP contribution in [0, 0.1) is 19.7 Å². The molecule has 0 aliphatic carbocycles. The quantitative estimate of drug-likeness (QED) is 0.911. The Bertz CT molecular complexity index is 707. The first-order valence-corrected chi connectivity index (χ1v) is 6.32. The number of carbonyl (C=O) groups excluding carboxylic acids is 2. The molecule has 1 aromatic heterocycles. The Labute approximate surface area is 121 Å². The molecule has 0 fully saturated rings. The molecular formula is C15H15FN2O3. The Hall–Kier alpha value is -2.63. The van der Waals surface area contributed by atoms with Crippen LogP contribution in [0.4, 0.5) is 15.8 Å². The number of anilines is 2. The number of hydrogen-bond acceptors (Lipinski definition) is 3. The number of halogens is 1. The highest BCUT2D eigenvalue weighted by molar-refractivity contribution is 6.05. The number of hydrogen-bond donors (Lipinski definition) is 2. The van der Waals surface area contributed by atoms with Gasteiger partial charge in [-0.25, -0.2) is 4.39 Å². The molecule has 0 unspecified atom stereocenters. The van der Waals surface area contributed by atoms with Gasteiger partial charge in [0.15, 0.2) is 0 Å². The van der Waals surface area contributed by atoms with Crippen LogP contribution in [0.2, 0.25) is 0 Å². The second kappa shape index (κ2) is 5.78. The molecule has 2 aromatic rings. The zero-order valence-corrected chi connectivity index (χ0v) is 11.9. The molecule has 0 saturated carbocycles. The van der Waals surface area contributed by atoms with Crippen molar-refractivity contribution < 1.29 is 18.4 Å². The summed E-state index contributed by atoms with van der Waals surface area (Å²) in [6.07, 6.45) is 0. The van der Waals surface area contributed by atoms with E-state index < -0.39 is 11.7 Å². The normalized spacial score (nSPS) is 10.3. The van der Waals surface area contributed by atoms with Crippen molar-refractivity contribution in [1.29, 1.82) is 0 Å². The summed E-state index contributed by atoms with van der Waals surface area (Å²) in [6.45, 7) is 4.73. The van der Waals surface area contributed by atoms with Crippen molar-refractivity contribution in [3.63, 3.8) is 0 Å². The minimum atomic E-state index is -0.588. The van der Waals surface area contributed by atoms with Crippen molar-refractivity contribution in [3.8, 4) is 0 Å². The van der Waals surface area contributed by atoms with E-state index in [0.717, 1.165) is 0 Å². The van der Waals surface area contributed by atoms with Gasteiger partial charge < -0.3 is 15.1 Å². The lowest BCUT2D eigenvalue weighted by molar-refractivity contribution is -0.114. The van der Waals surface area contributed by atoms with E-state index in [-0.39, 0.29) is 11.6 Å². The van der Waals surface area contributed by atoms with E-state index in [1.54, 1.807) is 19.9 Å². The third-order valence-corrected chi connectivity index (χ3v) is 2.82. The number of carbonyl (C=O) groups is 2. The van der Waals surface area contributed by atoms with Gasteiger partial charge in [0, 0.05) is 12.6 Å². The smallest absolute Gasteiger partial charge is 0.259 e. The Morgan fingerprint density at radius 3 is 2.43 bits per heavy atom. The summed E-state index contributed by atoms with van der Waals surface area (Å²) in [4.78, 5) is 23.1. The SMILES string of the molecule is CC(=O)Nc1ccc(F)c(NC(=O)c2cc(C)oc2C)c1. The number of furan rings is 1. The molecule has 5 nitrogen and oxygen atoms in total. The number of nitrogens with one attached hydrogen (secondary N) is 2. The number of aryl methyl sites for hydroxylation is 2. The number of benzene rings is 1. The maximum atomic E-state index is 13.7. The van der Waals surface area contributed by atoms with Crippen LogP contribution in [0.3, 0.4) is 0 Å². The number of amides is 2. The number of rotatable bonds is 3. The highest BCUT2D eigenvalue weighted by atomic mass is 19.1. The molecule has 0 spiro atoms. The third kappa shape index (κ3) is 3.47. The molecule has 1 heterocycles. The molecule has 0 aliphatic heterocycles. The molecule has 0 bridgehead atoms. The lowest BCUT2D eigenvalue weighted by Gasteiger charge is -2.08. The summed E-state index contributed by atoms with van der Waals surface area (Å²) in [5, 5.41) is 4.99. The molecule has 1 aromatic carbocycles. The molecule has 2 N–H and O–H groups in total. The van der Waals surface area contributed by atoms with Crippen molar-refractivity contribution in [2.24, 2.45) is 0 Å². The minimum Gasteiger partial charge on any atom is -0.466 e. The van der Waals surface area contributed by atoms with Crippen LogP contribution < -0.4 is 10.6 Å². The van der Waals surface area contributed by atoms with Crippen LogP contribution in [-0.4, -0.2) is 11.8 Å². The van der Waals surface area contributed by atoms with E-state index in [4.69, 9.17) is 4.42 Å². The maximum Gasteiger partial charge on any atom is 0.259 e. The molecular weight excluding hydrogens is 275 g/mol. The van der Waals surface area contributed by atoms with Gasteiger partial charge in [-0.15, -0.1) is 0 Å². The third-order valence-electron chi connectivity index (χ3n) is 2.82. The Morgan fingerprint density at radius 1 is 1.14 bits per heavy atom. The van der Waals surface area contributed by atoms with Gasteiger partial charge in [-0.1, -0.05) is 0 Å². The van der Waals surface area contributed by atoms with Crippen molar-refractivity contribution >= 4 is 23.2 Å². The van der Waals surface area contributed by atoms with Gasteiger partial charge in [-0.3, -0.25) is 9.59 Å². The first-order valence-electron chi connectivity index (χ1n) is 6.32. The standard InChI is InChI=1S/C15H15FN2O3/c1-8-6-12(9(2)21-8)15(20)18-14-7-11(17-10(3)19)4-5-13(14)16/h4-7H,1-3H3,(H,17,19)(H,18,20). The molecule has 0 saturated heterocycles. The molecule has 2 rings (SSSR count). The minimum absolute atomic E-state index is 0.00972. The van der Waals surface area contributed by atoms with Crippen molar-refractivity contribution in [2.75, 3.05) is 10.6 Å². The second-order valence-corrected chi connectivity index (χ2v) is 4.66. The summed E-state index contributed by atoms with van der Waals surface area (Å²) >= 11 is 0. The van der Waals surface area contributed by atoms with E-state index >= 15 is 0 Å². The average Bonchev–Trinajstić information content (AvgIpc) is 2.72. The predicted molar refractivity (Wildman–Crippen MR) is 76.8 cm³/mol. The molecule has 6 heteroatoms. The van der Waals surface area contributed by atoms with Gasteiger partial charge in [0.2, 0.25) is 5.91 Å². The van der Waals surface area contributed by atoms with Crippen LogP contribution in [0.5, 0.6) is 0 Å². The second-order valence-electron chi connectivity index (χ2n) is 4.66. The zero-order valence-electron chi connectivity index (χ0n) is 11.9. The van der Waals surface area contributed by atoms with Crippen LogP contribution >= 0.6 is 0 Å². The topological polar surface area (TPSA) is 71.3 Å². The zero-order chi connectivity index (χ0) is 15.6. The van der Waals surface area contributed by atoms with Crippen molar-refractivity contribution in [2.45, 2.75) is 20.8 Å². The van der Waals surface area contributed by atoms with E-state index in [9.17, 15) is 14.0 Å². The van der Waals surface area contributed by atoms with Gasteiger partial charge in [0.05, 0.1) is 11.3 Å². The van der Waals surface area contributed by atoms with Gasteiger partial charge in [0.1, 0.15) is 17.3 Å². The summed E-state index contributed by atoms with van der Waals surface area (Å²) in [7, 11) is 0. The monoisotopic (exact) mass is 290 g/mol. The molecule has 0 aliphatic rings. The Morgan fingerprint density at radius 2 is 1.86 bits per heavy atom. The van der Waals surface area contributed by atoms with Gasteiger partial charge in [-0.2, -0.15) is 0 Å². The van der Waals surface area contributed by atoms with Crippen molar-refractivity contribution in [3.05, 3.63) is 47.2 Å². The molecule has 0 radical (unpaired) electrons. The largest absolute Gasteiger partial charge is 0.466 e. The average molecular weight is 290 g/mol. The first-order chi connectivity index (χ1) is 9.86. The van der Waals surface area contributed by atoms with E-state index in [2.05, 4.69) is 10.6 Å². The van der Waals surface area contributed by atoms with E-state index in [1.165, 1.54) is 25.1 Å². The Kier molecular flexibility index (Phi) is 4.07. The van der Waals surface area contributed by atoms with Crippen molar-refractivity contribution in [1.82, 2.24) is 0 Å². The lowest BCUT2D eigenvalue weighted by atomic mass is 10.2. The van der Waals surface area contributed by atoms with Crippen LogP contribution in [0.25, 0.3) is 0 Å². The van der Waals surface area contributed by atoms with Crippen LogP contribution in [0.1, 0.15) is 28.8 Å². The first kappa shape index (κ1) is 14.8. The maximum absolute atomic E-state index is 13.7.